The first-order valence-corrected chi connectivity index (χ1v) is 10.4. The molecule has 2 aromatic heterocycles. The molecular formula is C19H28N6OS. The number of nitrogens with zero attached hydrogens (tertiary/aromatic N) is 5. The van der Waals surface area contributed by atoms with Crippen LogP contribution in [-0.4, -0.2) is 70.7 Å². The molecule has 0 spiro atoms. The Balaban J connectivity index is 1.39. The Kier molecular flexibility index (Phi) is 5.29. The van der Waals surface area contributed by atoms with Gasteiger partial charge in [0.1, 0.15) is 5.82 Å². The number of thiophene rings is 1. The molecule has 8 heteroatoms. The molecule has 2 atom stereocenters. The second-order valence-corrected chi connectivity index (χ2v) is 9.41. The van der Waals surface area contributed by atoms with Gasteiger partial charge in [0.2, 0.25) is 5.82 Å². The molecule has 0 aliphatic carbocycles. The highest BCUT2D eigenvalue weighted by atomic mass is 32.1. The van der Waals surface area contributed by atoms with E-state index in [-0.39, 0.29) is 5.91 Å². The first kappa shape index (κ1) is 18.6. The Hall–Kier alpha value is -1.77. The van der Waals surface area contributed by atoms with Crippen molar-refractivity contribution in [3.05, 3.63) is 33.5 Å². The van der Waals surface area contributed by atoms with Crippen LogP contribution in [0.4, 0.5) is 0 Å². The minimum Gasteiger partial charge on any atom is -0.348 e. The van der Waals surface area contributed by atoms with Crippen LogP contribution in [0.5, 0.6) is 0 Å². The molecule has 0 saturated carbocycles. The van der Waals surface area contributed by atoms with E-state index in [0.717, 1.165) is 45.0 Å². The lowest BCUT2D eigenvalue weighted by Crippen LogP contribution is -2.35. The fourth-order valence-corrected chi connectivity index (χ4v) is 5.11. The van der Waals surface area contributed by atoms with Gasteiger partial charge in [-0.25, -0.2) is 0 Å². The normalized spacial score (nSPS) is 22.1. The number of nitrogens with one attached hydrogen (secondary N) is 1. The minimum atomic E-state index is -0.113. The molecule has 146 valence electrons. The second kappa shape index (κ2) is 7.69. The summed E-state index contributed by atoms with van der Waals surface area (Å²) in [6.45, 7) is 7.67. The maximum atomic E-state index is 12.5. The number of rotatable bonds is 6. The lowest BCUT2D eigenvalue weighted by molar-refractivity contribution is 0.0932. The summed E-state index contributed by atoms with van der Waals surface area (Å²) in [5.74, 6) is 2.51. The van der Waals surface area contributed by atoms with E-state index in [0.29, 0.717) is 24.2 Å². The Morgan fingerprint density at radius 3 is 2.81 bits per heavy atom. The van der Waals surface area contributed by atoms with E-state index in [1.807, 2.05) is 34.9 Å². The van der Waals surface area contributed by atoms with Crippen molar-refractivity contribution in [1.29, 1.82) is 0 Å². The zero-order valence-electron chi connectivity index (χ0n) is 16.3. The van der Waals surface area contributed by atoms with Gasteiger partial charge in [0.15, 0.2) is 0 Å². The largest absolute Gasteiger partial charge is 0.348 e. The molecule has 1 amide bonds. The zero-order chi connectivity index (χ0) is 19.0. The standard InChI is InChI=1S/C19H28N6OS/c1-13-4-5-16(27-13)12-24-9-14-8-17-21-22-18(25(17)11-15(14)10-24)19(26)20-6-7-23(2)3/h4-5,14-15H,6-12H2,1-3H3,(H,20,26)/t14-,15-/m1/s1. The third kappa shape index (κ3) is 4.07. The number of hydrogen-bond acceptors (Lipinski definition) is 6. The van der Waals surface area contributed by atoms with E-state index < -0.39 is 0 Å². The van der Waals surface area contributed by atoms with Gasteiger partial charge >= 0.3 is 0 Å². The van der Waals surface area contributed by atoms with Crippen molar-refractivity contribution in [1.82, 2.24) is 29.9 Å². The SMILES string of the molecule is Cc1ccc(CN2C[C@H]3Cc4nnc(C(=O)NCCN(C)C)n4C[C@H]3C2)s1. The average Bonchev–Trinajstić information content (AvgIpc) is 3.30. The number of aryl methyl sites for hydroxylation is 1. The summed E-state index contributed by atoms with van der Waals surface area (Å²) in [5.41, 5.74) is 0. The number of likely N-dealkylation sites (N-methyl/N-ethyl adjacent to an activating group) is 1. The Bertz CT molecular complexity index is 813. The number of amides is 1. The molecule has 1 fully saturated rings. The number of hydrogen-bond donors (Lipinski definition) is 1. The molecule has 2 aliphatic rings. The van der Waals surface area contributed by atoms with Gasteiger partial charge in [0, 0.05) is 55.4 Å². The summed E-state index contributed by atoms with van der Waals surface area (Å²) in [6.07, 6.45) is 0.919. The number of carbonyl (C=O) groups excluding carboxylic acids is 1. The lowest BCUT2D eigenvalue weighted by Gasteiger charge is -2.25. The molecule has 4 heterocycles. The predicted octanol–water partition coefficient (Wildman–Crippen LogP) is 1.24. The highest BCUT2D eigenvalue weighted by molar-refractivity contribution is 7.11. The van der Waals surface area contributed by atoms with Crippen molar-refractivity contribution in [2.75, 3.05) is 40.3 Å². The average molecular weight is 389 g/mol. The van der Waals surface area contributed by atoms with E-state index in [2.05, 4.69) is 39.5 Å². The topological polar surface area (TPSA) is 66.3 Å². The summed E-state index contributed by atoms with van der Waals surface area (Å²) >= 11 is 1.89. The summed E-state index contributed by atoms with van der Waals surface area (Å²) in [6, 6.07) is 4.44. The zero-order valence-corrected chi connectivity index (χ0v) is 17.1. The third-order valence-electron chi connectivity index (χ3n) is 5.56. The van der Waals surface area contributed by atoms with Crippen molar-refractivity contribution in [3.63, 3.8) is 0 Å². The van der Waals surface area contributed by atoms with Crippen LogP contribution >= 0.6 is 11.3 Å². The van der Waals surface area contributed by atoms with Crippen molar-refractivity contribution in [2.45, 2.75) is 26.4 Å². The fraction of sp³-hybridized carbons (Fsp3) is 0.632. The highest BCUT2D eigenvalue weighted by Crippen LogP contribution is 2.33. The van der Waals surface area contributed by atoms with Gasteiger partial charge in [-0.1, -0.05) is 0 Å². The molecule has 4 rings (SSSR count). The van der Waals surface area contributed by atoms with E-state index in [9.17, 15) is 4.79 Å². The molecule has 27 heavy (non-hydrogen) atoms. The highest BCUT2D eigenvalue weighted by Gasteiger charge is 2.39. The molecule has 7 nitrogen and oxygen atoms in total. The molecule has 0 radical (unpaired) electrons. The number of carbonyl (C=O) groups is 1. The minimum absolute atomic E-state index is 0.113. The Labute approximate surface area is 164 Å². The molecular weight excluding hydrogens is 360 g/mol. The molecule has 1 saturated heterocycles. The molecule has 0 aromatic carbocycles. The van der Waals surface area contributed by atoms with Crippen molar-refractivity contribution >= 4 is 17.2 Å². The van der Waals surface area contributed by atoms with Crippen LogP contribution in [-0.2, 0) is 19.5 Å². The van der Waals surface area contributed by atoms with Gasteiger partial charge in [-0.2, -0.15) is 0 Å². The number of aromatic nitrogens is 3. The van der Waals surface area contributed by atoms with Gasteiger partial charge in [-0.05, 0) is 45.0 Å². The van der Waals surface area contributed by atoms with Crippen molar-refractivity contribution in [2.24, 2.45) is 11.8 Å². The summed E-state index contributed by atoms with van der Waals surface area (Å²) in [4.78, 5) is 19.9. The fourth-order valence-electron chi connectivity index (χ4n) is 4.18. The monoisotopic (exact) mass is 388 g/mol. The van der Waals surface area contributed by atoms with E-state index in [1.54, 1.807) is 0 Å². The van der Waals surface area contributed by atoms with Gasteiger partial charge in [-0.15, -0.1) is 21.5 Å². The van der Waals surface area contributed by atoms with Gasteiger partial charge in [0.05, 0.1) is 0 Å². The van der Waals surface area contributed by atoms with Crippen LogP contribution in [0, 0.1) is 18.8 Å². The summed E-state index contributed by atoms with van der Waals surface area (Å²) in [7, 11) is 3.99. The van der Waals surface area contributed by atoms with Crippen LogP contribution in [0.3, 0.4) is 0 Å². The second-order valence-electron chi connectivity index (χ2n) is 8.04. The van der Waals surface area contributed by atoms with E-state index in [1.165, 1.54) is 9.75 Å². The van der Waals surface area contributed by atoms with Gasteiger partial charge in [0.25, 0.3) is 5.91 Å². The Morgan fingerprint density at radius 1 is 1.26 bits per heavy atom. The van der Waals surface area contributed by atoms with Gasteiger partial charge < -0.3 is 14.8 Å². The first-order valence-electron chi connectivity index (χ1n) is 9.62. The van der Waals surface area contributed by atoms with Crippen molar-refractivity contribution in [3.8, 4) is 0 Å². The molecule has 2 aliphatic heterocycles. The van der Waals surface area contributed by atoms with Crippen molar-refractivity contribution < 1.29 is 4.79 Å². The van der Waals surface area contributed by atoms with E-state index in [4.69, 9.17) is 0 Å². The molecule has 0 bridgehead atoms. The van der Waals surface area contributed by atoms with Gasteiger partial charge in [-0.3, -0.25) is 9.69 Å². The number of likely N-dealkylation sites (tertiary alicyclic amines) is 1. The third-order valence-corrected chi connectivity index (χ3v) is 6.55. The predicted molar refractivity (Wildman–Crippen MR) is 106 cm³/mol. The summed E-state index contributed by atoms with van der Waals surface area (Å²) in [5, 5.41) is 11.5. The van der Waals surface area contributed by atoms with Crippen LogP contribution in [0.25, 0.3) is 0 Å². The summed E-state index contributed by atoms with van der Waals surface area (Å²) < 4.78 is 2.05. The Morgan fingerprint density at radius 2 is 2.07 bits per heavy atom. The lowest BCUT2D eigenvalue weighted by atomic mass is 9.89. The van der Waals surface area contributed by atoms with Crippen LogP contribution in [0.2, 0.25) is 0 Å². The molecule has 1 N–H and O–H groups in total. The maximum Gasteiger partial charge on any atom is 0.289 e. The smallest absolute Gasteiger partial charge is 0.289 e. The van der Waals surface area contributed by atoms with Crippen LogP contribution < -0.4 is 5.32 Å². The van der Waals surface area contributed by atoms with Crippen LogP contribution in [0.15, 0.2) is 12.1 Å². The molecule has 0 unspecified atom stereocenters. The first-order chi connectivity index (χ1) is 13.0. The molecule has 2 aromatic rings. The number of fused-ring (bicyclic) bond motifs is 2. The van der Waals surface area contributed by atoms with Crippen LogP contribution in [0.1, 0.15) is 26.2 Å². The maximum absolute atomic E-state index is 12.5. The van der Waals surface area contributed by atoms with E-state index >= 15 is 0 Å². The quantitative estimate of drug-likeness (QED) is 0.807.